The summed E-state index contributed by atoms with van der Waals surface area (Å²) in [5.74, 6) is 0. The van der Waals surface area contributed by atoms with E-state index in [2.05, 4.69) is 0 Å². The Hall–Kier alpha value is -1.44. The van der Waals surface area contributed by atoms with Crippen molar-refractivity contribution in [2.24, 2.45) is 0 Å². The first-order valence-electron chi connectivity index (χ1n) is 4.03. The summed E-state index contributed by atoms with van der Waals surface area (Å²) < 4.78 is 13.1. The van der Waals surface area contributed by atoms with Crippen molar-refractivity contribution in [3.05, 3.63) is 42.0 Å². The molecule has 0 bridgehead atoms. The van der Waals surface area contributed by atoms with Gasteiger partial charge in [-0.2, -0.15) is 0 Å². The zero-order valence-electron chi connectivity index (χ0n) is 7.41. The lowest BCUT2D eigenvalue weighted by Gasteiger charge is -2.04. The number of benzene rings is 1. The van der Waals surface area contributed by atoms with E-state index in [0.717, 1.165) is 5.56 Å². The van der Waals surface area contributed by atoms with Crippen LogP contribution in [-0.4, -0.2) is 12.0 Å². The molecular weight excluding hydrogens is 167 g/mol. The van der Waals surface area contributed by atoms with Crippen LogP contribution in [0, 0.1) is 0 Å². The highest BCUT2D eigenvalue weighted by atomic mass is 19.1. The second-order valence-electron chi connectivity index (χ2n) is 3.01. The SMILES string of the molecule is C[C@](F)(C=O)/C=C/c1ccccc1. The van der Waals surface area contributed by atoms with Gasteiger partial charge in [-0.05, 0) is 18.6 Å². The van der Waals surface area contributed by atoms with Crippen molar-refractivity contribution in [1.82, 2.24) is 0 Å². The van der Waals surface area contributed by atoms with Crippen molar-refractivity contribution in [3.8, 4) is 0 Å². The van der Waals surface area contributed by atoms with E-state index in [9.17, 15) is 9.18 Å². The third-order valence-electron chi connectivity index (χ3n) is 1.63. The number of aldehydes is 1. The molecule has 0 N–H and O–H groups in total. The molecular formula is C11H11FO. The normalized spacial score (nSPS) is 15.5. The lowest BCUT2D eigenvalue weighted by Crippen LogP contribution is -2.14. The van der Waals surface area contributed by atoms with Gasteiger partial charge in [0.15, 0.2) is 12.0 Å². The highest BCUT2D eigenvalue weighted by Gasteiger charge is 2.16. The summed E-state index contributed by atoms with van der Waals surface area (Å²) in [7, 11) is 0. The van der Waals surface area contributed by atoms with Gasteiger partial charge in [-0.15, -0.1) is 0 Å². The van der Waals surface area contributed by atoms with Crippen LogP contribution in [0.25, 0.3) is 6.08 Å². The number of hydrogen-bond donors (Lipinski definition) is 0. The molecule has 0 saturated carbocycles. The Bertz CT molecular complexity index is 301. The summed E-state index contributed by atoms with van der Waals surface area (Å²) in [5, 5.41) is 0. The van der Waals surface area contributed by atoms with E-state index in [1.54, 1.807) is 6.08 Å². The van der Waals surface area contributed by atoms with Crippen LogP contribution in [-0.2, 0) is 4.79 Å². The van der Waals surface area contributed by atoms with E-state index in [1.165, 1.54) is 13.0 Å². The molecule has 0 heterocycles. The zero-order valence-corrected chi connectivity index (χ0v) is 7.41. The Morgan fingerprint density at radius 1 is 1.31 bits per heavy atom. The number of allylic oxidation sites excluding steroid dienone is 1. The van der Waals surface area contributed by atoms with Crippen molar-refractivity contribution < 1.29 is 9.18 Å². The standard InChI is InChI=1S/C11H11FO/c1-11(12,9-13)8-7-10-5-3-2-4-6-10/h2-9H,1H3/b8-7+/t11-/m1/s1. The van der Waals surface area contributed by atoms with Crippen molar-refractivity contribution in [1.29, 1.82) is 0 Å². The van der Waals surface area contributed by atoms with Crippen LogP contribution < -0.4 is 0 Å². The highest BCUT2D eigenvalue weighted by Crippen LogP contribution is 2.11. The Labute approximate surface area is 76.9 Å². The molecule has 0 spiro atoms. The van der Waals surface area contributed by atoms with E-state index in [-0.39, 0.29) is 6.29 Å². The molecule has 0 saturated heterocycles. The number of alkyl halides is 1. The molecule has 2 heteroatoms. The van der Waals surface area contributed by atoms with Gasteiger partial charge < -0.3 is 0 Å². The molecule has 1 rings (SSSR count). The molecule has 13 heavy (non-hydrogen) atoms. The summed E-state index contributed by atoms with van der Waals surface area (Å²) >= 11 is 0. The first-order valence-corrected chi connectivity index (χ1v) is 4.03. The van der Waals surface area contributed by atoms with Crippen molar-refractivity contribution in [2.45, 2.75) is 12.6 Å². The molecule has 0 aromatic heterocycles. The van der Waals surface area contributed by atoms with Crippen LogP contribution in [0.1, 0.15) is 12.5 Å². The molecule has 0 aliphatic carbocycles. The molecule has 1 nitrogen and oxygen atoms in total. The maximum absolute atomic E-state index is 13.1. The average molecular weight is 178 g/mol. The summed E-state index contributed by atoms with van der Waals surface area (Å²) in [4.78, 5) is 10.2. The van der Waals surface area contributed by atoms with E-state index in [0.29, 0.717) is 0 Å². The lowest BCUT2D eigenvalue weighted by atomic mass is 10.1. The second-order valence-corrected chi connectivity index (χ2v) is 3.01. The second kappa shape index (κ2) is 3.99. The fourth-order valence-electron chi connectivity index (χ4n) is 0.863. The molecule has 0 unspecified atom stereocenters. The molecule has 1 aromatic carbocycles. The molecule has 0 radical (unpaired) electrons. The fraction of sp³-hybridized carbons (Fsp3) is 0.182. The third-order valence-corrected chi connectivity index (χ3v) is 1.63. The minimum absolute atomic E-state index is 0.284. The van der Waals surface area contributed by atoms with Crippen molar-refractivity contribution >= 4 is 12.4 Å². The highest BCUT2D eigenvalue weighted by molar-refractivity contribution is 5.68. The Balaban J connectivity index is 2.75. The van der Waals surface area contributed by atoms with Gasteiger partial charge in [0.25, 0.3) is 0 Å². The first kappa shape index (κ1) is 9.65. The first-order chi connectivity index (χ1) is 6.14. The number of rotatable bonds is 3. The maximum atomic E-state index is 13.1. The van der Waals surface area contributed by atoms with Crippen LogP contribution in [0.5, 0.6) is 0 Å². The number of halogens is 1. The van der Waals surface area contributed by atoms with Gasteiger partial charge in [-0.1, -0.05) is 36.4 Å². The van der Waals surface area contributed by atoms with Gasteiger partial charge in [-0.3, -0.25) is 4.79 Å². The van der Waals surface area contributed by atoms with Gasteiger partial charge >= 0.3 is 0 Å². The summed E-state index contributed by atoms with van der Waals surface area (Å²) in [6.07, 6.45) is 3.12. The van der Waals surface area contributed by atoms with E-state index >= 15 is 0 Å². The summed E-state index contributed by atoms with van der Waals surface area (Å²) in [5.41, 5.74) is -0.983. The summed E-state index contributed by atoms with van der Waals surface area (Å²) in [6.45, 7) is 1.22. The Morgan fingerprint density at radius 3 is 2.46 bits per heavy atom. The Kier molecular flexibility index (Phi) is 2.96. The molecule has 1 aromatic rings. The van der Waals surface area contributed by atoms with E-state index in [4.69, 9.17) is 0 Å². The Morgan fingerprint density at radius 2 is 1.92 bits per heavy atom. The van der Waals surface area contributed by atoms with Crippen LogP contribution in [0.4, 0.5) is 4.39 Å². The van der Waals surface area contributed by atoms with Gasteiger partial charge in [0.2, 0.25) is 0 Å². The minimum atomic E-state index is -1.87. The predicted octanol–water partition coefficient (Wildman–Crippen LogP) is 2.63. The smallest absolute Gasteiger partial charge is 0.181 e. The van der Waals surface area contributed by atoms with Crippen LogP contribution in [0.3, 0.4) is 0 Å². The number of carbonyl (C=O) groups excluding carboxylic acids is 1. The van der Waals surface area contributed by atoms with Gasteiger partial charge in [0, 0.05) is 0 Å². The predicted molar refractivity (Wildman–Crippen MR) is 51.1 cm³/mol. The van der Waals surface area contributed by atoms with Crippen LogP contribution >= 0.6 is 0 Å². The summed E-state index contributed by atoms with van der Waals surface area (Å²) in [6, 6.07) is 9.28. The zero-order chi connectivity index (χ0) is 9.73. The quantitative estimate of drug-likeness (QED) is 0.650. The van der Waals surface area contributed by atoms with Crippen molar-refractivity contribution in [2.75, 3.05) is 0 Å². The molecule has 68 valence electrons. The largest absolute Gasteiger partial charge is 0.299 e. The van der Waals surface area contributed by atoms with Gasteiger partial charge in [-0.25, -0.2) is 4.39 Å². The molecule has 0 aliphatic heterocycles. The maximum Gasteiger partial charge on any atom is 0.181 e. The molecule has 1 atom stereocenters. The lowest BCUT2D eigenvalue weighted by molar-refractivity contribution is -0.114. The number of carbonyl (C=O) groups is 1. The minimum Gasteiger partial charge on any atom is -0.299 e. The average Bonchev–Trinajstić information content (AvgIpc) is 2.17. The molecule has 0 aliphatic rings. The van der Waals surface area contributed by atoms with Crippen LogP contribution in [0.2, 0.25) is 0 Å². The van der Waals surface area contributed by atoms with E-state index in [1.807, 2.05) is 30.3 Å². The number of hydrogen-bond acceptors (Lipinski definition) is 1. The van der Waals surface area contributed by atoms with Crippen molar-refractivity contribution in [3.63, 3.8) is 0 Å². The van der Waals surface area contributed by atoms with Gasteiger partial charge in [0.05, 0.1) is 0 Å². The van der Waals surface area contributed by atoms with E-state index < -0.39 is 5.67 Å². The molecule has 0 fully saturated rings. The third kappa shape index (κ3) is 3.20. The molecule has 0 amide bonds. The topological polar surface area (TPSA) is 17.1 Å². The van der Waals surface area contributed by atoms with Crippen LogP contribution in [0.15, 0.2) is 36.4 Å². The monoisotopic (exact) mass is 178 g/mol. The van der Waals surface area contributed by atoms with Gasteiger partial charge in [0.1, 0.15) is 0 Å². The fourth-order valence-corrected chi connectivity index (χ4v) is 0.863.